The lowest BCUT2D eigenvalue weighted by Gasteiger charge is -2.37. The third kappa shape index (κ3) is 3.93. The Morgan fingerprint density at radius 1 is 1.35 bits per heavy atom. The molecule has 0 bridgehead atoms. The molecule has 0 saturated carbocycles. The van der Waals surface area contributed by atoms with Crippen molar-refractivity contribution >= 4 is 17.7 Å². The molecule has 0 aliphatic carbocycles. The molecule has 2 aromatic rings. The van der Waals surface area contributed by atoms with Gasteiger partial charge in [0.15, 0.2) is 5.82 Å². The molecule has 1 aromatic heterocycles. The summed E-state index contributed by atoms with van der Waals surface area (Å²) in [5.74, 6) is 3.43. The average Bonchev–Trinajstić information content (AvgIpc) is 2.96. The molecule has 23 heavy (non-hydrogen) atoms. The van der Waals surface area contributed by atoms with E-state index in [-0.39, 0.29) is 17.7 Å². The summed E-state index contributed by atoms with van der Waals surface area (Å²) in [7, 11) is 0. The molecule has 0 unspecified atom stereocenters. The first-order chi connectivity index (χ1) is 11.1. The molecule has 1 fully saturated rings. The lowest BCUT2D eigenvalue weighted by Crippen LogP contribution is -2.49. The van der Waals surface area contributed by atoms with Gasteiger partial charge in [0.1, 0.15) is 0 Å². The van der Waals surface area contributed by atoms with Crippen LogP contribution >= 0.6 is 11.8 Å². The molecule has 3 rings (SSSR count). The van der Waals surface area contributed by atoms with Crippen molar-refractivity contribution in [1.29, 1.82) is 0 Å². The number of thioether (sulfide) groups is 1. The van der Waals surface area contributed by atoms with Crippen molar-refractivity contribution in [3.8, 4) is 0 Å². The van der Waals surface area contributed by atoms with Gasteiger partial charge in [0.05, 0.1) is 11.7 Å². The molecule has 2 heterocycles. The number of rotatable bonds is 6. The van der Waals surface area contributed by atoms with Crippen molar-refractivity contribution < 1.29 is 9.32 Å². The van der Waals surface area contributed by atoms with Crippen LogP contribution in [-0.2, 0) is 10.5 Å². The van der Waals surface area contributed by atoms with Crippen LogP contribution in [-0.4, -0.2) is 39.8 Å². The fourth-order valence-corrected chi connectivity index (χ4v) is 3.30. The summed E-state index contributed by atoms with van der Waals surface area (Å²) in [5.41, 5.74) is 1.25. The first-order valence-corrected chi connectivity index (χ1v) is 9.02. The van der Waals surface area contributed by atoms with E-state index in [0.29, 0.717) is 24.7 Å². The Bertz CT molecular complexity index is 651. The maximum absolute atomic E-state index is 12.1. The van der Waals surface area contributed by atoms with Gasteiger partial charge in [-0.25, -0.2) is 0 Å². The SMILES string of the molecule is CC(C)c1noc(C2CN(C(=O)CSCc3ccccc3)C2)n1. The van der Waals surface area contributed by atoms with Gasteiger partial charge in [-0.1, -0.05) is 49.3 Å². The van der Waals surface area contributed by atoms with Crippen LogP contribution in [0.4, 0.5) is 0 Å². The molecule has 1 saturated heterocycles. The van der Waals surface area contributed by atoms with Crippen molar-refractivity contribution in [2.24, 2.45) is 0 Å². The summed E-state index contributed by atoms with van der Waals surface area (Å²) in [6.07, 6.45) is 0. The van der Waals surface area contributed by atoms with E-state index in [2.05, 4.69) is 22.3 Å². The van der Waals surface area contributed by atoms with E-state index in [1.54, 1.807) is 11.8 Å². The fraction of sp³-hybridized carbons (Fsp3) is 0.471. The van der Waals surface area contributed by atoms with Gasteiger partial charge in [0.25, 0.3) is 0 Å². The Balaban J connectivity index is 1.41. The third-order valence-electron chi connectivity index (χ3n) is 3.89. The molecule has 0 atom stereocenters. The second-order valence-corrected chi connectivity index (χ2v) is 7.11. The van der Waals surface area contributed by atoms with Gasteiger partial charge < -0.3 is 9.42 Å². The summed E-state index contributed by atoms with van der Waals surface area (Å²) in [5, 5.41) is 3.98. The van der Waals surface area contributed by atoms with Crippen molar-refractivity contribution in [2.45, 2.75) is 31.4 Å². The second-order valence-electron chi connectivity index (χ2n) is 6.12. The molecular formula is C17H21N3O2S. The predicted octanol–water partition coefficient (Wildman–Crippen LogP) is 3.05. The highest BCUT2D eigenvalue weighted by atomic mass is 32.2. The van der Waals surface area contributed by atoms with Gasteiger partial charge in [-0.2, -0.15) is 4.98 Å². The van der Waals surface area contributed by atoms with Crippen LogP contribution in [0.3, 0.4) is 0 Å². The Hall–Kier alpha value is -1.82. The standard InChI is InChI=1S/C17H21N3O2S/c1-12(2)16-18-17(22-19-16)14-8-20(9-14)15(21)11-23-10-13-6-4-3-5-7-13/h3-7,12,14H,8-11H2,1-2H3. The van der Waals surface area contributed by atoms with Crippen LogP contribution in [0.25, 0.3) is 0 Å². The fourth-order valence-electron chi connectivity index (χ4n) is 2.41. The van der Waals surface area contributed by atoms with Gasteiger partial charge in [0.2, 0.25) is 11.8 Å². The largest absolute Gasteiger partial charge is 0.340 e. The highest BCUT2D eigenvalue weighted by molar-refractivity contribution is 7.99. The number of benzene rings is 1. The number of carbonyl (C=O) groups is 1. The van der Waals surface area contributed by atoms with E-state index in [9.17, 15) is 4.79 Å². The summed E-state index contributed by atoms with van der Waals surface area (Å²) in [6, 6.07) is 10.2. The minimum absolute atomic E-state index is 0.186. The van der Waals surface area contributed by atoms with E-state index >= 15 is 0 Å². The average molecular weight is 331 g/mol. The van der Waals surface area contributed by atoms with Crippen molar-refractivity contribution in [3.63, 3.8) is 0 Å². The molecule has 1 amide bonds. The lowest BCUT2D eigenvalue weighted by molar-refractivity contribution is -0.133. The molecule has 0 radical (unpaired) electrons. The Labute approximate surface area is 140 Å². The third-order valence-corrected chi connectivity index (χ3v) is 4.88. The number of carbonyl (C=O) groups excluding carboxylic acids is 1. The molecule has 1 aliphatic heterocycles. The Morgan fingerprint density at radius 3 is 2.74 bits per heavy atom. The van der Waals surface area contributed by atoms with Gasteiger partial charge in [-0.15, -0.1) is 11.8 Å². The Morgan fingerprint density at radius 2 is 2.09 bits per heavy atom. The van der Waals surface area contributed by atoms with Crippen LogP contribution < -0.4 is 0 Å². The van der Waals surface area contributed by atoms with E-state index in [1.807, 2.05) is 36.9 Å². The zero-order chi connectivity index (χ0) is 16.2. The number of amides is 1. The molecule has 1 aromatic carbocycles. The number of hydrogen-bond acceptors (Lipinski definition) is 5. The van der Waals surface area contributed by atoms with Crippen LogP contribution in [0.5, 0.6) is 0 Å². The van der Waals surface area contributed by atoms with Crippen LogP contribution in [0.2, 0.25) is 0 Å². The van der Waals surface area contributed by atoms with Gasteiger partial charge in [-0.3, -0.25) is 4.79 Å². The normalized spacial score (nSPS) is 15.0. The van der Waals surface area contributed by atoms with Gasteiger partial charge >= 0.3 is 0 Å². The summed E-state index contributed by atoms with van der Waals surface area (Å²) in [4.78, 5) is 18.4. The van der Waals surface area contributed by atoms with Gasteiger partial charge in [-0.05, 0) is 5.56 Å². The van der Waals surface area contributed by atoms with Crippen molar-refractivity contribution in [2.75, 3.05) is 18.8 Å². The molecule has 0 spiro atoms. The molecule has 1 aliphatic rings. The first-order valence-electron chi connectivity index (χ1n) is 7.86. The quantitative estimate of drug-likeness (QED) is 0.814. The zero-order valence-electron chi connectivity index (χ0n) is 13.4. The van der Waals surface area contributed by atoms with Crippen LogP contribution in [0, 0.1) is 0 Å². The number of hydrogen-bond donors (Lipinski definition) is 0. The zero-order valence-corrected chi connectivity index (χ0v) is 14.3. The number of nitrogens with zero attached hydrogens (tertiary/aromatic N) is 3. The number of likely N-dealkylation sites (tertiary alicyclic amines) is 1. The molecular weight excluding hydrogens is 310 g/mol. The molecule has 0 N–H and O–H groups in total. The minimum Gasteiger partial charge on any atom is -0.340 e. The smallest absolute Gasteiger partial charge is 0.233 e. The summed E-state index contributed by atoms with van der Waals surface area (Å²) >= 11 is 1.65. The monoisotopic (exact) mass is 331 g/mol. The maximum atomic E-state index is 12.1. The number of aromatic nitrogens is 2. The molecule has 122 valence electrons. The van der Waals surface area contributed by atoms with E-state index in [0.717, 1.165) is 11.6 Å². The summed E-state index contributed by atoms with van der Waals surface area (Å²) < 4.78 is 5.29. The minimum atomic E-state index is 0.186. The highest BCUT2D eigenvalue weighted by Gasteiger charge is 2.35. The maximum Gasteiger partial charge on any atom is 0.233 e. The Kier molecular flexibility index (Phi) is 5.00. The molecule has 6 heteroatoms. The van der Waals surface area contributed by atoms with Gasteiger partial charge in [0, 0.05) is 24.8 Å². The van der Waals surface area contributed by atoms with Crippen molar-refractivity contribution in [3.05, 3.63) is 47.6 Å². The summed E-state index contributed by atoms with van der Waals surface area (Å²) in [6.45, 7) is 5.44. The van der Waals surface area contributed by atoms with Crippen LogP contribution in [0.1, 0.15) is 43.0 Å². The lowest BCUT2D eigenvalue weighted by atomic mass is 10.0. The topological polar surface area (TPSA) is 59.2 Å². The highest BCUT2D eigenvalue weighted by Crippen LogP contribution is 2.27. The first kappa shape index (κ1) is 16.1. The van der Waals surface area contributed by atoms with E-state index in [4.69, 9.17) is 4.52 Å². The predicted molar refractivity (Wildman–Crippen MR) is 90.3 cm³/mol. The van der Waals surface area contributed by atoms with Crippen molar-refractivity contribution in [1.82, 2.24) is 15.0 Å². The second kappa shape index (κ2) is 7.17. The van der Waals surface area contributed by atoms with E-state index in [1.165, 1.54) is 5.56 Å². The van der Waals surface area contributed by atoms with E-state index < -0.39 is 0 Å². The molecule has 5 nitrogen and oxygen atoms in total. The van der Waals surface area contributed by atoms with Crippen LogP contribution in [0.15, 0.2) is 34.9 Å².